The van der Waals surface area contributed by atoms with Crippen molar-refractivity contribution in [3.8, 4) is 11.8 Å². The first-order chi connectivity index (χ1) is 12.2. The lowest BCUT2D eigenvalue weighted by Crippen LogP contribution is -2.50. The Hall–Kier alpha value is -2.84. The third-order valence-electron chi connectivity index (χ3n) is 4.49. The Morgan fingerprint density at radius 1 is 1.04 bits per heavy atom. The number of hydrogen-bond donors (Lipinski definition) is 0. The van der Waals surface area contributed by atoms with Crippen molar-refractivity contribution in [2.75, 3.05) is 26.2 Å². The quantitative estimate of drug-likeness (QED) is 0.863. The molecule has 0 aliphatic carbocycles. The van der Waals surface area contributed by atoms with Crippen molar-refractivity contribution in [3.63, 3.8) is 0 Å². The average Bonchev–Trinajstić information content (AvgIpc) is 2.65. The summed E-state index contributed by atoms with van der Waals surface area (Å²) < 4.78 is 5.38. The van der Waals surface area contributed by atoms with E-state index in [-0.39, 0.29) is 12.1 Å². The van der Waals surface area contributed by atoms with Gasteiger partial charge in [-0.2, -0.15) is 5.26 Å². The van der Waals surface area contributed by atoms with E-state index >= 15 is 0 Å². The molecule has 0 bridgehead atoms. The van der Waals surface area contributed by atoms with Crippen molar-refractivity contribution < 1.29 is 9.53 Å². The van der Waals surface area contributed by atoms with E-state index in [4.69, 9.17) is 4.74 Å². The molecule has 1 aliphatic heterocycles. The van der Waals surface area contributed by atoms with Crippen molar-refractivity contribution in [1.29, 1.82) is 5.26 Å². The largest absolute Gasteiger partial charge is 0.415 e. The van der Waals surface area contributed by atoms with E-state index in [2.05, 4.69) is 11.0 Å². The molecule has 3 rings (SSSR count). The van der Waals surface area contributed by atoms with Gasteiger partial charge in [-0.3, -0.25) is 4.90 Å². The summed E-state index contributed by atoms with van der Waals surface area (Å²) in [5, 5.41) is 9.63. The van der Waals surface area contributed by atoms with Crippen LogP contribution >= 0.6 is 0 Å². The summed E-state index contributed by atoms with van der Waals surface area (Å²) >= 11 is 0. The molecule has 0 N–H and O–H groups in total. The lowest BCUT2D eigenvalue weighted by molar-refractivity contribution is 0.100. The lowest BCUT2D eigenvalue weighted by atomic mass is 10.0. The topological polar surface area (TPSA) is 56.6 Å². The number of amides is 1. The number of carbonyl (C=O) groups excluding carboxylic acids is 1. The zero-order valence-electron chi connectivity index (χ0n) is 14.3. The highest BCUT2D eigenvalue weighted by Crippen LogP contribution is 2.24. The standard InChI is InChI=1S/C20H21N3O2/c1-16-7-5-6-10-18(16)19(15-21)22-11-13-23(14-12-22)20(24)25-17-8-3-2-4-9-17/h2-10,19H,11-14H2,1H3. The first-order valence-electron chi connectivity index (χ1n) is 8.40. The highest BCUT2D eigenvalue weighted by atomic mass is 16.6. The van der Waals surface area contributed by atoms with Crippen LogP contribution in [0.25, 0.3) is 0 Å². The highest BCUT2D eigenvalue weighted by Gasteiger charge is 2.28. The number of nitrogens with zero attached hydrogens (tertiary/aromatic N) is 3. The van der Waals surface area contributed by atoms with Crippen LogP contribution in [-0.2, 0) is 0 Å². The Morgan fingerprint density at radius 2 is 1.68 bits per heavy atom. The monoisotopic (exact) mass is 335 g/mol. The summed E-state index contributed by atoms with van der Waals surface area (Å²) in [5.74, 6) is 0.546. The van der Waals surface area contributed by atoms with E-state index < -0.39 is 0 Å². The van der Waals surface area contributed by atoms with E-state index in [0.717, 1.165) is 11.1 Å². The number of ether oxygens (including phenoxy) is 1. The number of hydrogen-bond acceptors (Lipinski definition) is 4. The minimum atomic E-state index is -0.338. The SMILES string of the molecule is Cc1ccccc1C(C#N)N1CCN(C(=O)Oc2ccccc2)CC1. The van der Waals surface area contributed by atoms with Crippen LogP contribution < -0.4 is 4.74 Å². The molecule has 1 heterocycles. The van der Waals surface area contributed by atoms with Gasteiger partial charge >= 0.3 is 6.09 Å². The lowest BCUT2D eigenvalue weighted by Gasteiger charge is -2.36. The molecular formula is C20H21N3O2. The molecule has 2 aromatic carbocycles. The molecule has 5 nitrogen and oxygen atoms in total. The van der Waals surface area contributed by atoms with Gasteiger partial charge in [-0.05, 0) is 30.2 Å². The first-order valence-corrected chi connectivity index (χ1v) is 8.40. The molecule has 25 heavy (non-hydrogen) atoms. The van der Waals surface area contributed by atoms with Crippen LogP contribution in [0.4, 0.5) is 4.79 Å². The van der Waals surface area contributed by atoms with E-state index in [1.54, 1.807) is 17.0 Å². The van der Waals surface area contributed by atoms with Crippen LogP contribution in [0.5, 0.6) is 5.75 Å². The van der Waals surface area contributed by atoms with Crippen LogP contribution in [0.3, 0.4) is 0 Å². The second-order valence-electron chi connectivity index (χ2n) is 6.09. The van der Waals surface area contributed by atoms with Gasteiger partial charge in [-0.25, -0.2) is 4.79 Å². The number of para-hydroxylation sites is 1. The van der Waals surface area contributed by atoms with E-state index in [1.165, 1.54) is 0 Å². The van der Waals surface area contributed by atoms with Crippen molar-refractivity contribution in [1.82, 2.24) is 9.80 Å². The Bertz CT molecular complexity index is 762. The maximum Gasteiger partial charge on any atom is 0.415 e. The fourth-order valence-corrected chi connectivity index (χ4v) is 3.06. The summed E-state index contributed by atoms with van der Waals surface area (Å²) in [6.07, 6.45) is -0.338. The molecule has 1 fully saturated rings. The maximum absolute atomic E-state index is 12.3. The van der Waals surface area contributed by atoms with Crippen molar-refractivity contribution in [3.05, 3.63) is 65.7 Å². The average molecular weight is 335 g/mol. The molecule has 1 amide bonds. The van der Waals surface area contributed by atoms with Crippen molar-refractivity contribution in [2.45, 2.75) is 13.0 Å². The molecule has 1 atom stereocenters. The minimum Gasteiger partial charge on any atom is -0.410 e. The van der Waals surface area contributed by atoms with Gasteiger partial charge in [0.1, 0.15) is 11.8 Å². The Morgan fingerprint density at radius 3 is 2.32 bits per heavy atom. The summed E-state index contributed by atoms with van der Waals surface area (Å²) in [5.41, 5.74) is 2.14. The fourth-order valence-electron chi connectivity index (χ4n) is 3.06. The van der Waals surface area contributed by atoms with Gasteiger partial charge in [0.2, 0.25) is 0 Å². The number of aryl methyl sites for hydroxylation is 1. The fraction of sp³-hybridized carbons (Fsp3) is 0.300. The van der Waals surface area contributed by atoms with E-state index in [9.17, 15) is 10.1 Å². The van der Waals surface area contributed by atoms with Crippen LogP contribution in [0, 0.1) is 18.3 Å². The van der Waals surface area contributed by atoms with Crippen LogP contribution in [0.2, 0.25) is 0 Å². The highest BCUT2D eigenvalue weighted by molar-refractivity contribution is 5.70. The normalized spacial score (nSPS) is 16.1. The number of nitriles is 1. The van der Waals surface area contributed by atoms with Crippen LogP contribution in [0.15, 0.2) is 54.6 Å². The maximum atomic E-state index is 12.3. The second kappa shape index (κ2) is 7.82. The molecule has 0 saturated carbocycles. The minimum absolute atomic E-state index is 0.284. The smallest absolute Gasteiger partial charge is 0.410 e. The molecule has 2 aromatic rings. The predicted octanol–water partition coefficient (Wildman–Crippen LogP) is 3.38. The second-order valence-corrected chi connectivity index (χ2v) is 6.09. The van der Waals surface area contributed by atoms with E-state index in [0.29, 0.717) is 31.9 Å². The third-order valence-corrected chi connectivity index (χ3v) is 4.49. The molecule has 128 valence electrons. The zero-order chi connectivity index (χ0) is 17.6. The number of rotatable bonds is 3. The predicted molar refractivity (Wildman–Crippen MR) is 95.1 cm³/mol. The summed E-state index contributed by atoms with van der Waals surface area (Å²) in [7, 11) is 0. The molecule has 1 unspecified atom stereocenters. The number of piperazine rings is 1. The van der Waals surface area contributed by atoms with Gasteiger partial charge in [-0.15, -0.1) is 0 Å². The Balaban J connectivity index is 1.60. The van der Waals surface area contributed by atoms with Crippen LogP contribution in [-0.4, -0.2) is 42.1 Å². The molecule has 1 aliphatic rings. The Kier molecular flexibility index (Phi) is 5.32. The first kappa shape index (κ1) is 17.0. The van der Waals surface area contributed by atoms with Gasteiger partial charge < -0.3 is 9.64 Å². The number of benzene rings is 2. The third kappa shape index (κ3) is 3.98. The molecule has 0 radical (unpaired) electrons. The van der Waals surface area contributed by atoms with Gasteiger partial charge in [0, 0.05) is 26.2 Å². The molecule has 0 spiro atoms. The Labute approximate surface area is 148 Å². The van der Waals surface area contributed by atoms with Crippen molar-refractivity contribution in [2.24, 2.45) is 0 Å². The van der Waals surface area contributed by atoms with Gasteiger partial charge in [0.15, 0.2) is 0 Å². The molecule has 1 saturated heterocycles. The molecular weight excluding hydrogens is 314 g/mol. The van der Waals surface area contributed by atoms with Gasteiger partial charge in [0.25, 0.3) is 0 Å². The summed E-state index contributed by atoms with van der Waals surface area (Å²) in [4.78, 5) is 16.1. The van der Waals surface area contributed by atoms with Gasteiger partial charge in [0.05, 0.1) is 6.07 Å². The summed E-state index contributed by atoms with van der Waals surface area (Å²) in [6.45, 7) is 4.42. The zero-order valence-corrected chi connectivity index (χ0v) is 14.3. The van der Waals surface area contributed by atoms with E-state index in [1.807, 2.05) is 49.4 Å². The van der Waals surface area contributed by atoms with Crippen molar-refractivity contribution >= 4 is 6.09 Å². The van der Waals surface area contributed by atoms with Gasteiger partial charge in [-0.1, -0.05) is 42.5 Å². The number of carbonyl (C=O) groups is 1. The molecule has 5 heteroatoms. The summed E-state index contributed by atoms with van der Waals surface area (Å²) in [6, 6.07) is 19.1. The molecule has 0 aromatic heterocycles. The van der Waals surface area contributed by atoms with Crippen LogP contribution in [0.1, 0.15) is 17.2 Å².